The third-order valence-corrected chi connectivity index (χ3v) is 4.66. The number of ether oxygens (including phenoxy) is 1. The van der Waals surface area contributed by atoms with Gasteiger partial charge in [-0.15, -0.1) is 0 Å². The monoisotopic (exact) mass is 348 g/mol. The Morgan fingerprint density at radius 1 is 1.16 bits per heavy atom. The summed E-state index contributed by atoms with van der Waals surface area (Å²) in [6.45, 7) is 2.24. The molecular weight excluding hydrogens is 312 g/mol. The van der Waals surface area contributed by atoms with Crippen molar-refractivity contribution in [3.05, 3.63) is 36.5 Å². The zero-order valence-electron chi connectivity index (χ0n) is 16.0. The Morgan fingerprint density at radius 3 is 2.68 bits per heavy atom. The van der Waals surface area contributed by atoms with E-state index in [1.165, 1.54) is 45.6 Å². The molecule has 0 amide bonds. The van der Waals surface area contributed by atoms with Crippen LogP contribution in [0.25, 0.3) is 0 Å². The van der Waals surface area contributed by atoms with Gasteiger partial charge in [-0.05, 0) is 56.8 Å². The molecule has 0 aromatic carbocycles. The Hall–Kier alpha value is -1.35. The molecule has 142 valence electrons. The normalized spacial score (nSPS) is 21.4. The van der Waals surface area contributed by atoms with Gasteiger partial charge in [0.05, 0.1) is 13.2 Å². The molecule has 25 heavy (non-hydrogen) atoms. The van der Waals surface area contributed by atoms with Gasteiger partial charge in [-0.2, -0.15) is 0 Å². The second-order valence-electron chi connectivity index (χ2n) is 6.99. The number of carbonyl (C=O) groups excluding carboxylic acids is 1. The highest BCUT2D eigenvalue weighted by molar-refractivity contribution is 5.69. The van der Waals surface area contributed by atoms with Crippen molar-refractivity contribution in [3.8, 4) is 0 Å². The molecule has 2 unspecified atom stereocenters. The quantitative estimate of drug-likeness (QED) is 0.261. The zero-order chi connectivity index (χ0) is 18.3. The standard InChI is InChI=1S/C22H36O3/c1-3-4-5-6-7-10-13-19-18-20(19)16-17-21(23)14-11-8-9-12-15-22(24)25-2/h7-8,10-11,16-17,19-21,23H,3-6,9,12-15,18H2,1-2H3/b10-7-,11-8-,17-16+/t19?,20?,21-/m1/s1. The smallest absolute Gasteiger partial charge is 0.305 e. The minimum Gasteiger partial charge on any atom is -0.469 e. The van der Waals surface area contributed by atoms with E-state index in [0.29, 0.717) is 18.8 Å². The van der Waals surface area contributed by atoms with Gasteiger partial charge in [-0.25, -0.2) is 0 Å². The van der Waals surface area contributed by atoms with Gasteiger partial charge in [0.1, 0.15) is 0 Å². The first kappa shape index (κ1) is 21.7. The molecule has 1 aliphatic carbocycles. The SMILES string of the molecule is CCCCC/C=C\CC1CC1/C=C/[C@H](O)C/C=C\CCCC(=O)OC. The van der Waals surface area contributed by atoms with Crippen LogP contribution in [0.15, 0.2) is 36.5 Å². The molecule has 0 radical (unpaired) electrons. The Balaban J connectivity index is 2.03. The van der Waals surface area contributed by atoms with Crippen molar-refractivity contribution in [2.75, 3.05) is 7.11 Å². The fourth-order valence-electron chi connectivity index (χ4n) is 2.85. The summed E-state index contributed by atoms with van der Waals surface area (Å²) in [5, 5.41) is 9.97. The summed E-state index contributed by atoms with van der Waals surface area (Å²) in [7, 11) is 1.41. The van der Waals surface area contributed by atoms with Crippen LogP contribution < -0.4 is 0 Å². The van der Waals surface area contributed by atoms with E-state index in [1.54, 1.807) is 0 Å². The van der Waals surface area contributed by atoms with Crippen LogP contribution in [0, 0.1) is 11.8 Å². The van der Waals surface area contributed by atoms with Gasteiger partial charge in [0.2, 0.25) is 0 Å². The third-order valence-electron chi connectivity index (χ3n) is 4.66. The summed E-state index contributed by atoms with van der Waals surface area (Å²) in [5.74, 6) is 1.27. The van der Waals surface area contributed by atoms with Gasteiger partial charge in [-0.3, -0.25) is 4.79 Å². The van der Waals surface area contributed by atoms with Gasteiger partial charge in [0.15, 0.2) is 0 Å². The average Bonchev–Trinajstić information content (AvgIpc) is 3.37. The predicted octanol–water partition coefficient (Wildman–Crippen LogP) is 5.36. The molecule has 3 nitrogen and oxygen atoms in total. The van der Waals surface area contributed by atoms with Crippen LogP contribution in [0.3, 0.4) is 0 Å². The number of aliphatic hydroxyl groups is 1. The molecule has 0 spiro atoms. The molecule has 0 aromatic rings. The lowest BCUT2D eigenvalue weighted by Gasteiger charge is -2.00. The second-order valence-corrected chi connectivity index (χ2v) is 6.99. The Morgan fingerprint density at radius 2 is 1.92 bits per heavy atom. The van der Waals surface area contributed by atoms with Gasteiger partial charge >= 0.3 is 5.97 Å². The number of allylic oxidation sites excluding steroid dienone is 4. The van der Waals surface area contributed by atoms with Gasteiger partial charge in [0, 0.05) is 6.42 Å². The van der Waals surface area contributed by atoms with Crippen LogP contribution in [-0.4, -0.2) is 24.3 Å². The third kappa shape index (κ3) is 11.8. The molecule has 0 bridgehead atoms. The van der Waals surface area contributed by atoms with E-state index in [-0.39, 0.29) is 5.97 Å². The van der Waals surface area contributed by atoms with Crippen LogP contribution in [0.2, 0.25) is 0 Å². The molecule has 3 atom stereocenters. The summed E-state index contributed by atoms with van der Waals surface area (Å²) < 4.78 is 4.59. The van der Waals surface area contributed by atoms with Crippen molar-refractivity contribution in [3.63, 3.8) is 0 Å². The first-order chi connectivity index (χ1) is 12.2. The number of hydrogen-bond acceptors (Lipinski definition) is 3. The summed E-state index contributed by atoms with van der Waals surface area (Å²) in [6, 6.07) is 0. The van der Waals surface area contributed by atoms with Crippen LogP contribution in [0.1, 0.15) is 71.1 Å². The average molecular weight is 349 g/mol. The minimum atomic E-state index is -0.400. The molecule has 0 heterocycles. The van der Waals surface area contributed by atoms with Crippen LogP contribution in [-0.2, 0) is 9.53 Å². The van der Waals surface area contributed by atoms with Crippen LogP contribution >= 0.6 is 0 Å². The van der Waals surface area contributed by atoms with E-state index in [0.717, 1.165) is 18.8 Å². The Labute approximate surface area is 153 Å². The lowest BCUT2D eigenvalue weighted by Crippen LogP contribution is -2.00. The van der Waals surface area contributed by atoms with E-state index < -0.39 is 6.10 Å². The molecule has 1 N–H and O–H groups in total. The summed E-state index contributed by atoms with van der Waals surface area (Å²) in [4.78, 5) is 11.0. The minimum absolute atomic E-state index is 0.161. The number of rotatable bonds is 14. The molecule has 1 rings (SSSR count). The Bertz CT molecular complexity index is 437. The van der Waals surface area contributed by atoms with Gasteiger partial charge in [-0.1, -0.05) is 56.2 Å². The van der Waals surface area contributed by atoms with Crippen molar-refractivity contribution in [1.29, 1.82) is 0 Å². The van der Waals surface area contributed by atoms with Gasteiger partial charge < -0.3 is 9.84 Å². The van der Waals surface area contributed by atoms with Gasteiger partial charge in [0.25, 0.3) is 0 Å². The summed E-state index contributed by atoms with van der Waals surface area (Å²) in [5.41, 5.74) is 0. The number of methoxy groups -OCH3 is 1. The first-order valence-corrected chi connectivity index (χ1v) is 9.90. The molecule has 3 heteroatoms. The van der Waals surface area contributed by atoms with E-state index in [4.69, 9.17) is 0 Å². The highest BCUT2D eigenvalue weighted by Crippen LogP contribution is 2.42. The van der Waals surface area contributed by atoms with Crippen molar-refractivity contribution in [2.45, 2.75) is 77.2 Å². The van der Waals surface area contributed by atoms with E-state index in [1.807, 2.05) is 18.2 Å². The fourth-order valence-corrected chi connectivity index (χ4v) is 2.85. The maximum Gasteiger partial charge on any atom is 0.305 e. The van der Waals surface area contributed by atoms with Crippen molar-refractivity contribution >= 4 is 5.97 Å². The van der Waals surface area contributed by atoms with E-state index in [2.05, 4.69) is 29.9 Å². The van der Waals surface area contributed by atoms with Crippen molar-refractivity contribution in [2.24, 2.45) is 11.8 Å². The molecular formula is C22H36O3. The molecule has 1 fully saturated rings. The molecule has 1 aliphatic rings. The van der Waals surface area contributed by atoms with E-state index >= 15 is 0 Å². The lowest BCUT2D eigenvalue weighted by atomic mass is 10.1. The predicted molar refractivity (Wildman–Crippen MR) is 104 cm³/mol. The largest absolute Gasteiger partial charge is 0.469 e. The molecule has 0 aromatic heterocycles. The van der Waals surface area contributed by atoms with E-state index in [9.17, 15) is 9.90 Å². The number of hydrogen-bond donors (Lipinski definition) is 1. The highest BCUT2D eigenvalue weighted by Gasteiger charge is 2.33. The molecule has 0 saturated heterocycles. The van der Waals surface area contributed by atoms with Crippen molar-refractivity contribution < 1.29 is 14.6 Å². The second kappa shape index (κ2) is 13.9. The number of aliphatic hydroxyl groups excluding tert-OH is 1. The fraction of sp³-hybridized carbons (Fsp3) is 0.682. The lowest BCUT2D eigenvalue weighted by molar-refractivity contribution is -0.140. The molecule has 1 saturated carbocycles. The Kier molecular flexibility index (Phi) is 12.0. The highest BCUT2D eigenvalue weighted by atomic mass is 16.5. The number of esters is 1. The van der Waals surface area contributed by atoms with Crippen LogP contribution in [0.4, 0.5) is 0 Å². The zero-order valence-corrected chi connectivity index (χ0v) is 16.0. The van der Waals surface area contributed by atoms with Crippen LogP contribution in [0.5, 0.6) is 0 Å². The summed E-state index contributed by atoms with van der Waals surface area (Å²) in [6.07, 6.45) is 22.7. The van der Waals surface area contributed by atoms with Crippen molar-refractivity contribution in [1.82, 2.24) is 0 Å². The summed E-state index contributed by atoms with van der Waals surface area (Å²) >= 11 is 0. The topological polar surface area (TPSA) is 46.5 Å². The maximum atomic E-state index is 11.0. The number of unbranched alkanes of at least 4 members (excludes halogenated alkanes) is 4. The molecule has 0 aliphatic heterocycles. The maximum absolute atomic E-state index is 11.0. The first-order valence-electron chi connectivity index (χ1n) is 9.90. The number of carbonyl (C=O) groups is 1.